The lowest BCUT2D eigenvalue weighted by Gasteiger charge is -2.37. The Morgan fingerprint density at radius 1 is 0.864 bits per heavy atom. The number of hydrogen-bond donors (Lipinski definition) is 5. The maximum atomic E-state index is 12.8. The first-order valence-electron chi connectivity index (χ1n) is 13.1. The van der Waals surface area contributed by atoms with Gasteiger partial charge in [-0.2, -0.15) is 0 Å². The second-order valence-electron chi connectivity index (χ2n) is 9.49. The van der Waals surface area contributed by atoms with Crippen molar-refractivity contribution in [3.63, 3.8) is 0 Å². The van der Waals surface area contributed by atoms with Gasteiger partial charge in [0.05, 0.1) is 16.9 Å². The highest BCUT2D eigenvalue weighted by Gasteiger charge is 2.58. The first kappa shape index (κ1) is 32.3. The molecule has 1 aromatic heterocycles. The number of benzene rings is 2. The maximum absolute atomic E-state index is 12.8. The number of aryl methyl sites for hydroxylation is 1. The Morgan fingerprint density at radius 3 is 2.00 bits per heavy atom. The van der Waals surface area contributed by atoms with Gasteiger partial charge < -0.3 is 25.0 Å². The molecule has 1 aliphatic rings. The third kappa shape index (κ3) is 6.77. The topological polar surface area (TPSA) is 191 Å². The van der Waals surface area contributed by atoms with E-state index in [0.29, 0.717) is 29.9 Å². The largest absolute Gasteiger partial charge is 0.478 e. The third-order valence-corrected chi connectivity index (χ3v) is 9.08. The Bertz CT molecular complexity index is 1660. The summed E-state index contributed by atoms with van der Waals surface area (Å²) in [5.74, 6) is -5.47. The first-order chi connectivity index (χ1) is 21.0. The van der Waals surface area contributed by atoms with Crippen LogP contribution < -0.4 is 5.32 Å². The van der Waals surface area contributed by atoms with Gasteiger partial charge in [0.25, 0.3) is 0 Å². The fraction of sp³-hybridized carbons (Fsp3) is 0.200. The molecular weight excluding hydrogens is 608 g/mol. The molecular formula is C30H28N4O8S2. The predicted octanol–water partition coefficient (Wildman–Crippen LogP) is 3.47. The number of aliphatic carboxylic acids is 4. The summed E-state index contributed by atoms with van der Waals surface area (Å²) >= 11 is 2.45. The van der Waals surface area contributed by atoms with Crippen LogP contribution in [0.5, 0.6) is 0 Å². The molecule has 0 spiro atoms. The molecule has 12 nitrogen and oxygen atoms in total. The number of aliphatic imine (C=N–C) groups is 1. The second kappa shape index (κ2) is 13.8. The summed E-state index contributed by atoms with van der Waals surface area (Å²) < 4.78 is 1.85. The summed E-state index contributed by atoms with van der Waals surface area (Å²) in [5, 5.41) is 44.0. The van der Waals surface area contributed by atoms with Crippen molar-refractivity contribution in [3.05, 3.63) is 107 Å². The van der Waals surface area contributed by atoms with Gasteiger partial charge in [-0.1, -0.05) is 72.4 Å². The van der Waals surface area contributed by atoms with E-state index in [1.165, 1.54) is 11.8 Å². The van der Waals surface area contributed by atoms with Crippen LogP contribution in [0, 0.1) is 0 Å². The van der Waals surface area contributed by atoms with Crippen LogP contribution in [0.3, 0.4) is 0 Å². The molecule has 5 N–H and O–H groups in total. The standard InChI is InChI=1S/C30H28N4O8S2/c1-34-14-13-31-28(34)43-15-8-16-44-30(22(27(41)42)18-24(37)38)32-25(19-9-4-2-5-10-19)29(33-30,20-11-6-3-7-12-20)21(26(39)40)17-23(35)36/h2-7,9-14,17-18,33H,8,15-16H2,1H3,(H,35,36)(H,37,38)(H,39,40)(H,41,42). The molecule has 1 aliphatic heterocycles. The fourth-order valence-electron chi connectivity index (χ4n) is 4.80. The predicted molar refractivity (Wildman–Crippen MR) is 165 cm³/mol. The third-order valence-electron chi connectivity index (χ3n) is 6.61. The molecule has 2 aromatic carbocycles. The normalized spacial score (nSPS) is 20.2. The minimum Gasteiger partial charge on any atom is -0.478 e. The summed E-state index contributed by atoms with van der Waals surface area (Å²) in [6.07, 6.45) is 5.03. The van der Waals surface area contributed by atoms with Crippen molar-refractivity contribution in [3.8, 4) is 0 Å². The Kier molecular flexibility index (Phi) is 10.1. The molecule has 4 rings (SSSR count). The molecule has 0 amide bonds. The van der Waals surface area contributed by atoms with Crippen molar-refractivity contribution >= 4 is 53.1 Å². The van der Waals surface area contributed by atoms with Crippen LogP contribution in [-0.2, 0) is 31.8 Å². The Labute approximate surface area is 260 Å². The van der Waals surface area contributed by atoms with Crippen LogP contribution in [0.25, 0.3) is 0 Å². The van der Waals surface area contributed by atoms with Gasteiger partial charge >= 0.3 is 23.9 Å². The van der Waals surface area contributed by atoms with Crippen molar-refractivity contribution in [1.82, 2.24) is 14.9 Å². The van der Waals surface area contributed by atoms with E-state index in [0.717, 1.165) is 16.9 Å². The van der Waals surface area contributed by atoms with Gasteiger partial charge in [0.15, 0.2) is 10.2 Å². The minimum absolute atomic E-state index is 0.00613. The zero-order valence-electron chi connectivity index (χ0n) is 23.3. The lowest BCUT2D eigenvalue weighted by Crippen LogP contribution is -2.55. The number of thioether (sulfide) groups is 2. The van der Waals surface area contributed by atoms with E-state index in [1.807, 2.05) is 11.6 Å². The van der Waals surface area contributed by atoms with Gasteiger partial charge in [-0.15, -0.1) is 11.8 Å². The van der Waals surface area contributed by atoms with E-state index in [2.05, 4.69) is 10.3 Å². The highest BCUT2D eigenvalue weighted by Crippen LogP contribution is 2.48. The number of nitrogens with zero attached hydrogens (tertiary/aromatic N) is 3. The summed E-state index contributed by atoms with van der Waals surface area (Å²) in [7, 11) is 1.85. The lowest BCUT2D eigenvalue weighted by atomic mass is 9.76. The average molecular weight is 637 g/mol. The molecule has 0 saturated carbocycles. The van der Waals surface area contributed by atoms with Gasteiger partial charge in [0, 0.05) is 37.3 Å². The van der Waals surface area contributed by atoms with E-state index >= 15 is 0 Å². The molecule has 2 unspecified atom stereocenters. The van der Waals surface area contributed by atoms with Gasteiger partial charge in [-0.25, -0.2) is 29.2 Å². The van der Waals surface area contributed by atoms with Crippen molar-refractivity contribution in [2.24, 2.45) is 12.0 Å². The van der Waals surface area contributed by atoms with Crippen molar-refractivity contribution in [1.29, 1.82) is 0 Å². The molecule has 3 aromatic rings. The van der Waals surface area contributed by atoms with Crippen LogP contribution in [0.2, 0.25) is 0 Å². The van der Waals surface area contributed by atoms with Gasteiger partial charge in [0.2, 0.25) is 0 Å². The molecule has 14 heteroatoms. The Morgan fingerprint density at radius 2 is 1.45 bits per heavy atom. The molecule has 0 bridgehead atoms. The molecule has 0 aliphatic carbocycles. The molecule has 44 heavy (non-hydrogen) atoms. The minimum atomic E-state index is -2.05. The summed E-state index contributed by atoms with van der Waals surface area (Å²) in [6.45, 7) is 0. The quantitative estimate of drug-likeness (QED) is 0.0985. The summed E-state index contributed by atoms with van der Waals surface area (Å²) in [5.41, 5.74) is -2.70. The molecule has 0 radical (unpaired) electrons. The molecule has 0 saturated heterocycles. The van der Waals surface area contributed by atoms with Crippen LogP contribution in [0.15, 0.2) is 107 Å². The number of nitrogens with one attached hydrogen (secondary N) is 1. The Hall–Kier alpha value is -4.66. The molecule has 2 atom stereocenters. The Balaban J connectivity index is 1.94. The monoisotopic (exact) mass is 636 g/mol. The summed E-state index contributed by atoms with van der Waals surface area (Å²) in [4.78, 5) is 56.4. The fourth-order valence-corrected chi connectivity index (χ4v) is 7.12. The number of imidazole rings is 1. The highest BCUT2D eigenvalue weighted by atomic mass is 32.2. The van der Waals surface area contributed by atoms with Crippen molar-refractivity contribution in [2.45, 2.75) is 22.1 Å². The molecule has 0 fully saturated rings. The number of carboxylic acids is 4. The van der Waals surface area contributed by atoms with Gasteiger partial charge in [-0.05, 0) is 23.3 Å². The highest BCUT2D eigenvalue weighted by molar-refractivity contribution is 8.01. The zero-order chi connectivity index (χ0) is 31.9. The SMILES string of the molecule is Cn1ccnc1SCCCSC1(C(=CC(=O)O)C(=O)O)N=C(c2ccccc2)C(C(=CC(=O)O)C(=O)O)(c2ccccc2)N1. The van der Waals surface area contributed by atoms with E-state index in [-0.39, 0.29) is 17.0 Å². The van der Waals surface area contributed by atoms with Crippen LogP contribution in [0.1, 0.15) is 17.5 Å². The first-order valence-corrected chi connectivity index (χ1v) is 15.1. The van der Waals surface area contributed by atoms with E-state index in [9.17, 15) is 39.6 Å². The maximum Gasteiger partial charge on any atom is 0.336 e. The number of rotatable bonds is 14. The van der Waals surface area contributed by atoms with Crippen LogP contribution >= 0.6 is 23.5 Å². The number of hydrogen-bond acceptors (Lipinski definition) is 9. The molecule has 228 valence electrons. The molecule has 2 heterocycles. The van der Waals surface area contributed by atoms with Crippen molar-refractivity contribution < 1.29 is 39.6 Å². The van der Waals surface area contributed by atoms with Crippen LogP contribution in [-0.4, -0.2) is 76.1 Å². The average Bonchev–Trinajstić information content (AvgIpc) is 3.57. The van der Waals surface area contributed by atoms with E-state index in [4.69, 9.17) is 4.99 Å². The smallest absolute Gasteiger partial charge is 0.336 e. The second-order valence-corrected chi connectivity index (χ2v) is 11.8. The van der Waals surface area contributed by atoms with Crippen LogP contribution in [0.4, 0.5) is 0 Å². The zero-order valence-corrected chi connectivity index (χ0v) is 24.9. The number of aromatic nitrogens is 2. The summed E-state index contributed by atoms with van der Waals surface area (Å²) in [6, 6.07) is 16.4. The van der Waals surface area contributed by atoms with Gasteiger partial charge in [0.1, 0.15) is 5.54 Å². The van der Waals surface area contributed by atoms with Crippen molar-refractivity contribution in [2.75, 3.05) is 11.5 Å². The van der Waals surface area contributed by atoms with E-state index < -0.39 is 45.6 Å². The van der Waals surface area contributed by atoms with E-state index in [1.54, 1.807) is 73.1 Å². The lowest BCUT2D eigenvalue weighted by molar-refractivity contribution is -0.136. The number of carbonyl (C=O) groups is 4. The van der Waals surface area contributed by atoms with Gasteiger partial charge in [-0.3, -0.25) is 5.32 Å². The number of carboxylic acid groups (broad SMARTS) is 4.